The molecule has 96 valence electrons. The third kappa shape index (κ3) is 3.19. The van der Waals surface area contributed by atoms with Crippen LogP contribution in [0.15, 0.2) is 35.1 Å². The summed E-state index contributed by atoms with van der Waals surface area (Å²) in [6.07, 6.45) is 0. The van der Waals surface area contributed by atoms with Crippen molar-refractivity contribution in [2.75, 3.05) is 5.32 Å². The van der Waals surface area contributed by atoms with E-state index in [9.17, 15) is 4.79 Å². The van der Waals surface area contributed by atoms with Gasteiger partial charge in [0.2, 0.25) is 0 Å². The van der Waals surface area contributed by atoms with Gasteiger partial charge < -0.3 is 10.3 Å². The molecule has 1 aromatic heterocycles. The van der Waals surface area contributed by atoms with E-state index in [0.717, 1.165) is 5.56 Å². The van der Waals surface area contributed by atoms with Gasteiger partial charge in [-0.05, 0) is 31.5 Å². The largest absolute Gasteiger partial charge is 0.363 e. The van der Waals surface area contributed by atoms with Crippen LogP contribution in [0.4, 0.5) is 5.82 Å². The fourth-order valence-electron chi connectivity index (χ4n) is 1.80. The van der Waals surface area contributed by atoms with Gasteiger partial charge >= 0.3 is 0 Å². The van der Waals surface area contributed by atoms with Gasteiger partial charge in [0.05, 0.1) is 11.6 Å². The quantitative estimate of drug-likeness (QED) is 0.879. The highest BCUT2D eigenvalue weighted by molar-refractivity contribution is 5.39. The first-order valence-electron chi connectivity index (χ1n) is 5.93. The van der Waals surface area contributed by atoms with E-state index in [2.05, 4.69) is 21.4 Å². The highest BCUT2D eigenvalue weighted by Gasteiger charge is 2.07. The molecule has 2 rings (SSSR count). The molecule has 0 saturated heterocycles. The number of aromatic amines is 1. The Morgan fingerprint density at radius 3 is 2.63 bits per heavy atom. The zero-order valence-corrected chi connectivity index (χ0v) is 10.8. The lowest BCUT2D eigenvalue weighted by Gasteiger charge is -2.15. The summed E-state index contributed by atoms with van der Waals surface area (Å²) in [5.74, 6) is 1.11. The predicted molar refractivity (Wildman–Crippen MR) is 72.8 cm³/mol. The lowest BCUT2D eigenvalue weighted by Crippen LogP contribution is -2.14. The molecule has 1 heterocycles. The van der Waals surface area contributed by atoms with Crippen LogP contribution in [-0.4, -0.2) is 9.97 Å². The van der Waals surface area contributed by atoms with Crippen molar-refractivity contribution in [3.63, 3.8) is 0 Å². The average molecular weight is 254 g/mol. The minimum Gasteiger partial charge on any atom is -0.363 e. The van der Waals surface area contributed by atoms with Gasteiger partial charge in [-0.25, -0.2) is 4.98 Å². The Kier molecular flexibility index (Phi) is 3.62. The maximum Gasteiger partial charge on any atom is 0.252 e. The Bertz CT molecular complexity index is 667. The van der Waals surface area contributed by atoms with Crippen molar-refractivity contribution in [3.05, 3.63) is 57.6 Å². The van der Waals surface area contributed by atoms with Gasteiger partial charge in [-0.1, -0.05) is 12.1 Å². The molecule has 5 heteroatoms. The lowest BCUT2D eigenvalue weighted by atomic mass is 10.1. The van der Waals surface area contributed by atoms with E-state index < -0.39 is 0 Å². The normalized spacial score (nSPS) is 11.6. The zero-order chi connectivity index (χ0) is 13.8. The number of aromatic nitrogens is 2. The summed E-state index contributed by atoms with van der Waals surface area (Å²) < 4.78 is 0. The molecule has 0 amide bonds. The Hall–Kier alpha value is -2.61. The van der Waals surface area contributed by atoms with Crippen LogP contribution in [0.1, 0.15) is 29.9 Å². The van der Waals surface area contributed by atoms with Crippen molar-refractivity contribution in [3.8, 4) is 6.07 Å². The minimum atomic E-state index is -0.179. The third-order valence-corrected chi connectivity index (χ3v) is 2.76. The van der Waals surface area contributed by atoms with E-state index in [1.54, 1.807) is 19.1 Å². The predicted octanol–water partition coefficient (Wildman–Crippen LogP) is 2.12. The van der Waals surface area contributed by atoms with E-state index in [1.807, 2.05) is 19.1 Å². The molecule has 5 nitrogen and oxygen atoms in total. The van der Waals surface area contributed by atoms with Crippen LogP contribution in [0.2, 0.25) is 0 Å². The van der Waals surface area contributed by atoms with Crippen LogP contribution < -0.4 is 10.9 Å². The molecule has 0 bridgehead atoms. The van der Waals surface area contributed by atoms with Crippen LogP contribution in [0.3, 0.4) is 0 Å². The number of hydrogen-bond acceptors (Lipinski definition) is 4. The smallest absolute Gasteiger partial charge is 0.252 e. The topological polar surface area (TPSA) is 81.6 Å². The number of nitrogens with zero attached hydrogens (tertiary/aromatic N) is 2. The first-order valence-corrected chi connectivity index (χ1v) is 5.93. The van der Waals surface area contributed by atoms with Gasteiger partial charge in [0.15, 0.2) is 0 Å². The second-order valence-corrected chi connectivity index (χ2v) is 4.32. The van der Waals surface area contributed by atoms with Gasteiger partial charge in [0.1, 0.15) is 11.6 Å². The first-order chi connectivity index (χ1) is 9.08. The minimum absolute atomic E-state index is 0.00134. The molecule has 0 fully saturated rings. The van der Waals surface area contributed by atoms with Gasteiger partial charge in [0.25, 0.3) is 5.56 Å². The summed E-state index contributed by atoms with van der Waals surface area (Å²) in [6.45, 7) is 3.71. The molecular formula is C14H14N4O. The summed E-state index contributed by atoms with van der Waals surface area (Å²) in [5, 5.41) is 11.9. The highest BCUT2D eigenvalue weighted by atomic mass is 16.1. The number of nitriles is 1. The number of H-pyrrole nitrogens is 1. The molecule has 1 unspecified atom stereocenters. The van der Waals surface area contributed by atoms with Gasteiger partial charge in [0, 0.05) is 12.1 Å². The number of benzene rings is 1. The first kappa shape index (κ1) is 12.8. The third-order valence-electron chi connectivity index (χ3n) is 2.76. The molecule has 0 aliphatic carbocycles. The Morgan fingerprint density at radius 2 is 2.05 bits per heavy atom. The Labute approximate surface area is 110 Å². The number of rotatable bonds is 3. The molecule has 0 aliphatic heterocycles. The van der Waals surface area contributed by atoms with Crippen molar-refractivity contribution in [2.45, 2.75) is 19.9 Å². The molecule has 2 aromatic rings. The van der Waals surface area contributed by atoms with Gasteiger partial charge in [-0.15, -0.1) is 0 Å². The number of aryl methyl sites for hydroxylation is 1. The fourth-order valence-corrected chi connectivity index (χ4v) is 1.80. The highest BCUT2D eigenvalue weighted by Crippen LogP contribution is 2.17. The maximum atomic E-state index is 11.3. The lowest BCUT2D eigenvalue weighted by molar-refractivity contribution is 0.864. The molecule has 19 heavy (non-hydrogen) atoms. The molecule has 2 N–H and O–H groups in total. The number of hydrogen-bond donors (Lipinski definition) is 2. The van der Waals surface area contributed by atoms with Crippen molar-refractivity contribution in [1.82, 2.24) is 9.97 Å². The summed E-state index contributed by atoms with van der Waals surface area (Å²) in [7, 11) is 0. The molecule has 0 radical (unpaired) electrons. The SMILES string of the molecule is Cc1nc(NC(C)c2ccc(C#N)cc2)cc(=O)[nH]1. The Morgan fingerprint density at radius 1 is 1.37 bits per heavy atom. The zero-order valence-electron chi connectivity index (χ0n) is 10.8. The molecule has 1 atom stereocenters. The monoisotopic (exact) mass is 254 g/mol. The second kappa shape index (κ2) is 5.36. The fraction of sp³-hybridized carbons (Fsp3) is 0.214. The van der Waals surface area contributed by atoms with Crippen molar-refractivity contribution < 1.29 is 0 Å². The summed E-state index contributed by atoms with van der Waals surface area (Å²) in [6, 6.07) is 10.8. The maximum absolute atomic E-state index is 11.3. The van der Waals surface area contributed by atoms with Crippen LogP contribution in [-0.2, 0) is 0 Å². The van der Waals surface area contributed by atoms with Gasteiger partial charge in [-0.3, -0.25) is 4.79 Å². The van der Waals surface area contributed by atoms with Crippen molar-refractivity contribution >= 4 is 5.82 Å². The van der Waals surface area contributed by atoms with Crippen LogP contribution >= 0.6 is 0 Å². The second-order valence-electron chi connectivity index (χ2n) is 4.32. The summed E-state index contributed by atoms with van der Waals surface area (Å²) in [5.41, 5.74) is 1.47. The molecule has 0 saturated carbocycles. The molecular weight excluding hydrogens is 240 g/mol. The van der Waals surface area contributed by atoms with Crippen molar-refractivity contribution in [1.29, 1.82) is 5.26 Å². The van der Waals surface area contributed by atoms with E-state index in [4.69, 9.17) is 5.26 Å². The Balaban J connectivity index is 2.18. The van der Waals surface area contributed by atoms with E-state index in [0.29, 0.717) is 17.2 Å². The molecule has 0 aliphatic rings. The van der Waals surface area contributed by atoms with Gasteiger partial charge in [-0.2, -0.15) is 5.26 Å². The van der Waals surface area contributed by atoms with Crippen LogP contribution in [0.5, 0.6) is 0 Å². The average Bonchev–Trinajstić information content (AvgIpc) is 2.37. The van der Waals surface area contributed by atoms with E-state index in [1.165, 1.54) is 6.07 Å². The summed E-state index contributed by atoms with van der Waals surface area (Å²) >= 11 is 0. The van der Waals surface area contributed by atoms with E-state index >= 15 is 0 Å². The summed E-state index contributed by atoms with van der Waals surface area (Å²) in [4.78, 5) is 18.2. The van der Waals surface area contributed by atoms with Crippen LogP contribution in [0.25, 0.3) is 0 Å². The van der Waals surface area contributed by atoms with Crippen LogP contribution in [0, 0.1) is 18.3 Å². The molecule has 1 aromatic carbocycles. The molecule has 0 spiro atoms. The number of anilines is 1. The number of nitrogens with one attached hydrogen (secondary N) is 2. The van der Waals surface area contributed by atoms with E-state index in [-0.39, 0.29) is 11.6 Å². The standard InChI is InChI=1S/C14H14N4O/c1-9(12-5-3-11(8-15)4-6-12)16-13-7-14(19)18-10(2)17-13/h3-7,9H,1-2H3,(H2,16,17,18,19). The van der Waals surface area contributed by atoms with Crippen molar-refractivity contribution in [2.24, 2.45) is 0 Å².